The monoisotopic (exact) mass is 333 g/mol. The van der Waals surface area contributed by atoms with Gasteiger partial charge in [0.15, 0.2) is 0 Å². The van der Waals surface area contributed by atoms with E-state index in [-0.39, 0.29) is 0 Å². The average Bonchev–Trinajstić information content (AvgIpc) is 3.01. The van der Waals surface area contributed by atoms with E-state index >= 15 is 0 Å². The molecule has 25 heavy (non-hydrogen) atoms. The average molecular weight is 333 g/mol. The molecule has 128 valence electrons. The quantitative estimate of drug-likeness (QED) is 0.638. The van der Waals surface area contributed by atoms with Crippen LogP contribution in [0.4, 0.5) is 11.4 Å². The molecule has 0 bridgehead atoms. The lowest BCUT2D eigenvalue weighted by Gasteiger charge is -2.12. The van der Waals surface area contributed by atoms with E-state index < -0.39 is 0 Å². The number of rotatable bonds is 5. The number of aromatic nitrogens is 1. The minimum atomic E-state index is 0.852. The molecule has 0 aliphatic heterocycles. The first kappa shape index (κ1) is 16.8. The van der Waals surface area contributed by atoms with Gasteiger partial charge < -0.3 is 14.2 Å². The normalized spacial score (nSPS) is 11.0. The molecule has 0 spiro atoms. The van der Waals surface area contributed by atoms with Crippen molar-refractivity contribution < 1.29 is 4.74 Å². The fraction of sp³-hybridized carbons (Fsp3) is 0.190. The molecule has 0 radical (unpaired) electrons. The number of benzene rings is 2. The van der Waals surface area contributed by atoms with Gasteiger partial charge in [-0.25, -0.2) is 0 Å². The Morgan fingerprint density at radius 1 is 0.920 bits per heavy atom. The molecule has 0 aliphatic carbocycles. The maximum absolute atomic E-state index is 5.24. The second-order valence-electron chi connectivity index (χ2n) is 6.10. The van der Waals surface area contributed by atoms with Crippen molar-refractivity contribution in [1.82, 2.24) is 4.57 Å². The maximum Gasteiger partial charge on any atom is 0.119 e. The highest BCUT2D eigenvalue weighted by Crippen LogP contribution is 2.21. The van der Waals surface area contributed by atoms with Crippen molar-refractivity contribution in [2.24, 2.45) is 4.99 Å². The number of ether oxygens (including phenoxy) is 1. The predicted molar refractivity (Wildman–Crippen MR) is 105 cm³/mol. The van der Waals surface area contributed by atoms with Crippen molar-refractivity contribution in [2.75, 3.05) is 26.1 Å². The van der Waals surface area contributed by atoms with Crippen LogP contribution in [0.1, 0.15) is 11.4 Å². The van der Waals surface area contributed by atoms with Crippen LogP contribution >= 0.6 is 0 Å². The first-order valence-electron chi connectivity index (χ1n) is 8.23. The number of nitrogens with zero attached hydrogens (tertiary/aromatic N) is 3. The number of methoxy groups -OCH3 is 1. The van der Waals surface area contributed by atoms with Crippen LogP contribution in [-0.2, 0) is 0 Å². The van der Waals surface area contributed by atoms with Gasteiger partial charge in [-0.3, -0.25) is 4.99 Å². The molecular weight excluding hydrogens is 310 g/mol. The summed E-state index contributed by atoms with van der Waals surface area (Å²) < 4.78 is 7.42. The van der Waals surface area contributed by atoms with Gasteiger partial charge in [-0.1, -0.05) is 0 Å². The number of anilines is 1. The molecule has 1 aromatic heterocycles. The van der Waals surface area contributed by atoms with Gasteiger partial charge in [0.25, 0.3) is 0 Å². The Hall–Kier alpha value is -3.01. The molecule has 4 nitrogen and oxygen atoms in total. The van der Waals surface area contributed by atoms with E-state index in [1.54, 1.807) is 7.11 Å². The molecule has 0 amide bonds. The topological polar surface area (TPSA) is 29.8 Å². The highest BCUT2D eigenvalue weighted by atomic mass is 16.5. The third-order valence-electron chi connectivity index (χ3n) is 4.15. The molecule has 1 heterocycles. The van der Waals surface area contributed by atoms with Crippen molar-refractivity contribution in [2.45, 2.75) is 6.92 Å². The SMILES string of the molecule is COc1ccc(-n2c(C)ccc2C=Nc2ccc(N(C)C)cc2)cc1. The number of hydrogen-bond donors (Lipinski definition) is 0. The highest BCUT2D eigenvalue weighted by molar-refractivity contribution is 5.81. The van der Waals surface area contributed by atoms with Crippen LogP contribution in [0.2, 0.25) is 0 Å². The fourth-order valence-electron chi connectivity index (χ4n) is 2.72. The van der Waals surface area contributed by atoms with E-state index in [4.69, 9.17) is 4.74 Å². The minimum absolute atomic E-state index is 0.852. The largest absolute Gasteiger partial charge is 0.497 e. The Balaban J connectivity index is 1.88. The lowest BCUT2D eigenvalue weighted by molar-refractivity contribution is 0.414. The van der Waals surface area contributed by atoms with Crippen molar-refractivity contribution >= 4 is 17.6 Å². The van der Waals surface area contributed by atoms with Crippen LogP contribution < -0.4 is 9.64 Å². The zero-order valence-electron chi connectivity index (χ0n) is 15.1. The molecule has 0 saturated carbocycles. The zero-order chi connectivity index (χ0) is 17.8. The van der Waals surface area contributed by atoms with Crippen LogP contribution in [0.15, 0.2) is 65.7 Å². The van der Waals surface area contributed by atoms with Gasteiger partial charge in [0.05, 0.1) is 24.7 Å². The van der Waals surface area contributed by atoms with Gasteiger partial charge in [0.2, 0.25) is 0 Å². The summed E-state index contributed by atoms with van der Waals surface area (Å²) in [5.74, 6) is 0.852. The second kappa shape index (κ2) is 7.26. The Bertz CT molecular complexity index is 859. The molecule has 3 aromatic rings. The summed E-state index contributed by atoms with van der Waals surface area (Å²) in [5, 5.41) is 0. The second-order valence-corrected chi connectivity index (χ2v) is 6.10. The van der Waals surface area contributed by atoms with Gasteiger partial charge in [0.1, 0.15) is 5.75 Å². The van der Waals surface area contributed by atoms with Gasteiger partial charge in [-0.05, 0) is 67.6 Å². The number of aryl methyl sites for hydroxylation is 1. The summed E-state index contributed by atoms with van der Waals surface area (Å²) in [5.41, 5.74) is 5.39. The van der Waals surface area contributed by atoms with E-state index in [0.717, 1.165) is 34.2 Å². The van der Waals surface area contributed by atoms with Crippen LogP contribution in [0.3, 0.4) is 0 Å². The van der Waals surface area contributed by atoms with Crippen LogP contribution in [-0.4, -0.2) is 32.0 Å². The van der Waals surface area contributed by atoms with Crippen molar-refractivity contribution in [3.05, 3.63) is 72.1 Å². The van der Waals surface area contributed by atoms with Crippen LogP contribution in [0.25, 0.3) is 5.69 Å². The fourth-order valence-corrected chi connectivity index (χ4v) is 2.72. The van der Waals surface area contributed by atoms with E-state index in [1.807, 2.05) is 44.6 Å². The molecular formula is C21H23N3O. The van der Waals surface area contributed by atoms with Crippen LogP contribution in [0, 0.1) is 6.92 Å². The highest BCUT2D eigenvalue weighted by Gasteiger charge is 2.06. The Kier molecular flexibility index (Phi) is 4.89. The summed E-state index contributed by atoms with van der Waals surface area (Å²) in [7, 11) is 5.74. The molecule has 0 N–H and O–H groups in total. The van der Waals surface area contributed by atoms with Gasteiger partial charge in [-0.15, -0.1) is 0 Å². The van der Waals surface area contributed by atoms with Gasteiger partial charge >= 0.3 is 0 Å². The third-order valence-corrected chi connectivity index (χ3v) is 4.15. The summed E-state index contributed by atoms with van der Waals surface area (Å²) in [4.78, 5) is 6.70. The summed E-state index contributed by atoms with van der Waals surface area (Å²) in [6.45, 7) is 2.09. The molecule has 0 atom stereocenters. The number of hydrogen-bond acceptors (Lipinski definition) is 3. The van der Waals surface area contributed by atoms with E-state index in [0.29, 0.717) is 0 Å². The predicted octanol–water partition coefficient (Wildman–Crippen LogP) is 4.61. The van der Waals surface area contributed by atoms with E-state index in [1.165, 1.54) is 0 Å². The van der Waals surface area contributed by atoms with Crippen molar-refractivity contribution in [1.29, 1.82) is 0 Å². The Morgan fingerprint density at radius 2 is 1.60 bits per heavy atom. The molecule has 0 saturated heterocycles. The molecule has 0 fully saturated rings. The maximum atomic E-state index is 5.24. The lowest BCUT2D eigenvalue weighted by Crippen LogP contribution is -2.07. The molecule has 3 rings (SSSR count). The summed E-state index contributed by atoms with van der Waals surface area (Å²) >= 11 is 0. The molecule has 2 aromatic carbocycles. The first-order valence-corrected chi connectivity index (χ1v) is 8.23. The van der Waals surface area contributed by atoms with Crippen molar-refractivity contribution in [3.63, 3.8) is 0 Å². The van der Waals surface area contributed by atoms with E-state index in [2.05, 4.69) is 57.8 Å². The number of aliphatic imine (C=N–C) groups is 1. The Labute approximate surface area is 149 Å². The van der Waals surface area contributed by atoms with E-state index in [9.17, 15) is 0 Å². The summed E-state index contributed by atoms with van der Waals surface area (Å²) in [6.07, 6.45) is 1.90. The Morgan fingerprint density at radius 3 is 2.20 bits per heavy atom. The minimum Gasteiger partial charge on any atom is -0.497 e. The smallest absolute Gasteiger partial charge is 0.119 e. The molecule has 4 heteroatoms. The van der Waals surface area contributed by atoms with Crippen molar-refractivity contribution in [3.8, 4) is 11.4 Å². The first-order chi connectivity index (χ1) is 12.1. The lowest BCUT2D eigenvalue weighted by atomic mass is 10.2. The van der Waals surface area contributed by atoms with Gasteiger partial charge in [-0.2, -0.15) is 0 Å². The standard InChI is InChI=1S/C21H23N3O/c1-16-5-8-20(24(16)19-11-13-21(25-4)14-12-19)15-22-17-6-9-18(10-7-17)23(2)3/h5-15H,1-4H3. The van der Waals surface area contributed by atoms with Gasteiger partial charge in [0, 0.05) is 31.2 Å². The molecule has 0 unspecified atom stereocenters. The third kappa shape index (κ3) is 3.74. The zero-order valence-corrected chi connectivity index (χ0v) is 15.1. The van der Waals surface area contributed by atoms with Crippen LogP contribution in [0.5, 0.6) is 5.75 Å². The summed E-state index contributed by atoms with van der Waals surface area (Å²) in [6, 6.07) is 20.4. The molecule has 0 aliphatic rings.